The maximum absolute atomic E-state index is 12.3. The molecule has 0 bridgehead atoms. The fraction of sp³-hybridized carbons (Fsp3) is 0.579. The largest absolute Gasteiger partial charge is 0.335 e. The molecule has 2 rings (SSSR count). The van der Waals surface area contributed by atoms with Gasteiger partial charge >= 0.3 is 6.03 Å². The van der Waals surface area contributed by atoms with Crippen LogP contribution in [-0.2, 0) is 4.79 Å². The Hall–Kier alpha value is -2.07. The van der Waals surface area contributed by atoms with E-state index in [1.807, 2.05) is 20.8 Å². The van der Waals surface area contributed by atoms with Crippen molar-refractivity contribution in [1.82, 2.24) is 15.6 Å². The molecule has 0 radical (unpaired) electrons. The highest BCUT2D eigenvalue weighted by atomic mass is 32.2. The van der Waals surface area contributed by atoms with E-state index < -0.39 is 11.3 Å². The number of nitrogens with zero attached hydrogens (tertiary/aromatic N) is 2. The van der Waals surface area contributed by atoms with E-state index in [1.165, 1.54) is 18.2 Å². The molecule has 1 aromatic rings. The molecule has 0 unspecified atom stereocenters. The van der Waals surface area contributed by atoms with Gasteiger partial charge in [0.2, 0.25) is 5.91 Å². The molecule has 3 amide bonds. The highest BCUT2D eigenvalue weighted by Crippen LogP contribution is 2.29. The van der Waals surface area contributed by atoms with E-state index in [-0.39, 0.29) is 11.9 Å². The summed E-state index contributed by atoms with van der Waals surface area (Å²) in [5, 5.41) is 14.7. The van der Waals surface area contributed by atoms with E-state index in [2.05, 4.69) is 21.7 Å². The van der Waals surface area contributed by atoms with Gasteiger partial charge in [-0.05, 0) is 51.7 Å². The van der Waals surface area contributed by atoms with Crippen LogP contribution in [0.5, 0.6) is 0 Å². The molecule has 1 atom stereocenters. The topological polar surface area (TPSA) is 94.9 Å². The molecular formula is C19H26N4O2S. The lowest BCUT2D eigenvalue weighted by molar-refractivity contribution is -0.119. The second-order valence-electron chi connectivity index (χ2n) is 6.80. The van der Waals surface area contributed by atoms with E-state index in [4.69, 9.17) is 0 Å². The summed E-state index contributed by atoms with van der Waals surface area (Å²) in [6.07, 6.45) is 5.35. The van der Waals surface area contributed by atoms with Crippen LogP contribution in [0.4, 0.5) is 4.79 Å². The lowest BCUT2D eigenvalue weighted by Crippen LogP contribution is -2.47. The molecular weight excluding hydrogens is 348 g/mol. The van der Waals surface area contributed by atoms with E-state index in [0.29, 0.717) is 10.6 Å². The average Bonchev–Trinajstić information content (AvgIpc) is 2.60. The maximum atomic E-state index is 12.3. The molecule has 1 aliphatic rings. The third-order valence-electron chi connectivity index (χ3n) is 4.91. The molecule has 0 spiro atoms. The second kappa shape index (κ2) is 9.04. The summed E-state index contributed by atoms with van der Waals surface area (Å²) in [6, 6.07) is 1.88. The van der Waals surface area contributed by atoms with Gasteiger partial charge in [0.25, 0.3) is 0 Å². The number of nitrogens with one attached hydrogen (secondary N) is 2. The SMILES string of the molecule is Cc1nc(S[C@@H](C)C(=O)NC(=O)NC2CCCCC2)c(C#N)c(C)c1C. The molecule has 1 aliphatic carbocycles. The van der Waals surface area contributed by atoms with E-state index in [0.717, 1.165) is 42.5 Å². The van der Waals surface area contributed by atoms with Crippen molar-refractivity contribution in [1.29, 1.82) is 5.26 Å². The maximum Gasteiger partial charge on any atom is 0.321 e. The molecule has 1 fully saturated rings. The van der Waals surface area contributed by atoms with Gasteiger partial charge in [-0.25, -0.2) is 9.78 Å². The Morgan fingerprint density at radius 1 is 1.19 bits per heavy atom. The van der Waals surface area contributed by atoms with E-state index in [1.54, 1.807) is 6.92 Å². The first-order valence-corrected chi connectivity index (χ1v) is 9.87. The third-order valence-corrected chi connectivity index (χ3v) is 6.00. The van der Waals surface area contributed by atoms with Gasteiger partial charge in [-0.3, -0.25) is 10.1 Å². The molecule has 26 heavy (non-hydrogen) atoms. The zero-order valence-electron chi connectivity index (χ0n) is 15.8. The summed E-state index contributed by atoms with van der Waals surface area (Å²) < 4.78 is 0. The number of pyridine rings is 1. The number of imide groups is 1. The molecule has 1 saturated carbocycles. The Labute approximate surface area is 159 Å². The predicted octanol–water partition coefficient (Wildman–Crippen LogP) is 3.52. The van der Waals surface area contributed by atoms with Crippen LogP contribution in [0.2, 0.25) is 0 Å². The van der Waals surface area contributed by atoms with Crippen LogP contribution in [-0.4, -0.2) is 28.2 Å². The quantitative estimate of drug-likeness (QED) is 0.786. The number of nitriles is 1. The highest BCUT2D eigenvalue weighted by Gasteiger charge is 2.23. The minimum Gasteiger partial charge on any atom is -0.335 e. The van der Waals surface area contributed by atoms with E-state index >= 15 is 0 Å². The van der Waals surface area contributed by atoms with Crippen LogP contribution in [0.1, 0.15) is 61.4 Å². The molecule has 1 aromatic heterocycles. The number of carbonyl (C=O) groups is 2. The van der Waals surface area contributed by atoms with Crippen molar-refractivity contribution >= 4 is 23.7 Å². The van der Waals surface area contributed by atoms with Crippen LogP contribution in [0.3, 0.4) is 0 Å². The second-order valence-corrected chi connectivity index (χ2v) is 8.13. The third kappa shape index (κ3) is 4.98. The summed E-state index contributed by atoms with van der Waals surface area (Å²) in [7, 11) is 0. The van der Waals surface area contributed by atoms with Gasteiger partial charge in [0.05, 0.1) is 10.8 Å². The number of aryl methyl sites for hydroxylation is 1. The normalized spacial score (nSPS) is 15.8. The Morgan fingerprint density at radius 3 is 2.46 bits per heavy atom. The van der Waals surface area contributed by atoms with Crippen molar-refractivity contribution in [2.24, 2.45) is 0 Å². The van der Waals surface area contributed by atoms with Crippen molar-refractivity contribution in [2.75, 3.05) is 0 Å². The fourth-order valence-electron chi connectivity index (χ4n) is 3.03. The van der Waals surface area contributed by atoms with Gasteiger partial charge in [0.1, 0.15) is 11.1 Å². The summed E-state index contributed by atoms with van der Waals surface area (Å²) in [5.41, 5.74) is 3.19. The van der Waals surface area contributed by atoms with Gasteiger partial charge < -0.3 is 5.32 Å². The Bertz CT molecular complexity index is 736. The summed E-state index contributed by atoms with van der Waals surface area (Å²) >= 11 is 1.20. The molecule has 0 aromatic carbocycles. The van der Waals surface area contributed by atoms with Gasteiger partial charge in [0, 0.05) is 11.7 Å². The van der Waals surface area contributed by atoms with Crippen molar-refractivity contribution < 1.29 is 9.59 Å². The number of aromatic nitrogens is 1. The minimum atomic E-state index is -0.534. The number of hydrogen-bond donors (Lipinski definition) is 2. The van der Waals surface area contributed by atoms with Crippen LogP contribution in [0.15, 0.2) is 5.03 Å². The standard InChI is InChI=1S/C19H26N4O2S/c1-11-12(2)16(10-20)18(21-13(11)3)26-14(4)17(24)23-19(25)22-15-8-6-5-7-9-15/h14-15H,5-9H2,1-4H3,(H2,22,23,24,25)/t14-/m0/s1. The highest BCUT2D eigenvalue weighted by molar-refractivity contribution is 8.00. The summed E-state index contributed by atoms with van der Waals surface area (Å²) in [5.74, 6) is -0.384. The molecule has 2 N–H and O–H groups in total. The summed E-state index contributed by atoms with van der Waals surface area (Å²) in [6.45, 7) is 7.41. The zero-order chi connectivity index (χ0) is 19.3. The van der Waals surface area contributed by atoms with Gasteiger partial charge in [0.15, 0.2) is 0 Å². The Kier molecular flexibility index (Phi) is 7.04. The van der Waals surface area contributed by atoms with Crippen molar-refractivity contribution in [3.05, 3.63) is 22.4 Å². The fourth-order valence-corrected chi connectivity index (χ4v) is 4.04. The van der Waals surface area contributed by atoms with Gasteiger partial charge in [-0.15, -0.1) is 0 Å². The predicted molar refractivity (Wildman–Crippen MR) is 102 cm³/mol. The monoisotopic (exact) mass is 374 g/mol. The van der Waals surface area contributed by atoms with Gasteiger partial charge in [-0.1, -0.05) is 31.0 Å². The molecule has 6 nitrogen and oxygen atoms in total. The smallest absolute Gasteiger partial charge is 0.321 e. The van der Waals surface area contributed by atoms with Crippen LogP contribution >= 0.6 is 11.8 Å². The molecule has 140 valence electrons. The van der Waals surface area contributed by atoms with Crippen LogP contribution < -0.4 is 10.6 Å². The lowest BCUT2D eigenvalue weighted by atomic mass is 9.96. The average molecular weight is 375 g/mol. The number of hydrogen-bond acceptors (Lipinski definition) is 5. The molecule has 1 heterocycles. The number of carbonyl (C=O) groups excluding carboxylic acids is 2. The Morgan fingerprint density at radius 2 is 1.85 bits per heavy atom. The number of thioether (sulfide) groups is 1. The minimum absolute atomic E-state index is 0.147. The van der Waals surface area contributed by atoms with Crippen molar-refractivity contribution in [3.63, 3.8) is 0 Å². The van der Waals surface area contributed by atoms with Crippen LogP contribution in [0.25, 0.3) is 0 Å². The molecule has 7 heteroatoms. The first-order valence-electron chi connectivity index (χ1n) is 8.99. The zero-order valence-corrected chi connectivity index (χ0v) is 16.6. The Balaban J connectivity index is 1.99. The molecule has 0 saturated heterocycles. The number of rotatable bonds is 4. The number of urea groups is 1. The van der Waals surface area contributed by atoms with E-state index in [9.17, 15) is 14.9 Å². The van der Waals surface area contributed by atoms with Crippen LogP contribution in [0, 0.1) is 32.1 Å². The summed E-state index contributed by atoms with van der Waals surface area (Å²) in [4.78, 5) is 28.8. The molecule has 0 aliphatic heterocycles. The van der Waals surface area contributed by atoms with Crippen molar-refractivity contribution in [2.45, 2.75) is 76.1 Å². The number of amides is 3. The van der Waals surface area contributed by atoms with Crippen molar-refractivity contribution in [3.8, 4) is 6.07 Å². The lowest BCUT2D eigenvalue weighted by Gasteiger charge is -2.23. The first kappa shape index (κ1) is 20.2. The first-order chi connectivity index (χ1) is 12.3. The van der Waals surface area contributed by atoms with Gasteiger partial charge in [-0.2, -0.15) is 5.26 Å².